The van der Waals surface area contributed by atoms with Crippen LogP contribution in [0.5, 0.6) is 0 Å². The molecule has 29 heavy (non-hydrogen) atoms. The lowest BCUT2D eigenvalue weighted by Crippen LogP contribution is -2.38. The van der Waals surface area contributed by atoms with Crippen molar-refractivity contribution in [2.45, 2.75) is 19.9 Å². The molecule has 2 amide bonds. The zero-order valence-corrected chi connectivity index (χ0v) is 17.1. The molecule has 0 saturated heterocycles. The summed E-state index contributed by atoms with van der Waals surface area (Å²) in [4.78, 5) is 27.2. The number of guanidine groups is 1. The van der Waals surface area contributed by atoms with Crippen molar-refractivity contribution in [2.24, 2.45) is 10.7 Å². The summed E-state index contributed by atoms with van der Waals surface area (Å²) in [6.45, 7) is 3.73. The summed E-state index contributed by atoms with van der Waals surface area (Å²) >= 11 is 6.19. The van der Waals surface area contributed by atoms with Gasteiger partial charge in [0.25, 0.3) is 5.91 Å². The van der Waals surface area contributed by atoms with Crippen LogP contribution in [0.25, 0.3) is 0 Å². The van der Waals surface area contributed by atoms with E-state index in [0.29, 0.717) is 24.6 Å². The molecule has 0 aliphatic heterocycles. The van der Waals surface area contributed by atoms with Crippen molar-refractivity contribution in [1.29, 1.82) is 0 Å². The largest absolute Gasteiger partial charge is 0.368 e. The third kappa shape index (κ3) is 7.83. The van der Waals surface area contributed by atoms with Crippen LogP contribution in [0.4, 0.5) is 0 Å². The lowest BCUT2D eigenvalue weighted by atomic mass is 10.1. The number of nitrogens with two attached hydrogens (primary N) is 1. The highest BCUT2D eigenvalue weighted by Gasteiger charge is 2.06. The van der Waals surface area contributed by atoms with Gasteiger partial charge in [-0.15, -0.1) is 0 Å². The average Bonchev–Trinajstić information content (AvgIpc) is 2.72. The van der Waals surface area contributed by atoms with Crippen LogP contribution in [0.3, 0.4) is 0 Å². The molecule has 0 fully saturated rings. The second kappa shape index (κ2) is 11.7. The fourth-order valence-corrected chi connectivity index (χ4v) is 2.79. The smallest absolute Gasteiger partial charge is 0.251 e. The number of halogens is 1. The summed E-state index contributed by atoms with van der Waals surface area (Å²) in [7, 11) is 0. The molecule has 0 bridgehead atoms. The fraction of sp³-hybridized carbons (Fsp3) is 0.286. The Morgan fingerprint density at radius 3 is 2.41 bits per heavy atom. The molecular formula is C21H26ClN5O2. The van der Waals surface area contributed by atoms with Gasteiger partial charge in [-0.1, -0.05) is 41.9 Å². The van der Waals surface area contributed by atoms with Crippen LogP contribution in [0.1, 0.15) is 28.4 Å². The summed E-state index contributed by atoms with van der Waals surface area (Å²) in [5, 5.41) is 9.72. The van der Waals surface area contributed by atoms with Crippen molar-refractivity contribution >= 4 is 29.4 Å². The van der Waals surface area contributed by atoms with E-state index in [9.17, 15) is 9.59 Å². The highest BCUT2D eigenvalue weighted by Crippen LogP contribution is 2.14. The van der Waals surface area contributed by atoms with E-state index in [0.717, 1.165) is 29.1 Å². The van der Waals surface area contributed by atoms with Crippen molar-refractivity contribution in [3.63, 3.8) is 0 Å². The van der Waals surface area contributed by atoms with Gasteiger partial charge in [-0.2, -0.15) is 0 Å². The molecule has 0 unspecified atom stereocenters. The van der Waals surface area contributed by atoms with Gasteiger partial charge in [-0.05, 0) is 42.7 Å². The standard InChI is InChI=1S/C21H26ClN5O2/c1-2-24-21(25-12-11-16-5-3-4-6-18(16)22)27-13-15-7-9-17(10-8-15)20(29)26-14-19(23)28/h3-10H,2,11-14H2,1H3,(H2,23,28)(H,26,29)(H2,24,25,27). The van der Waals surface area contributed by atoms with Crippen molar-refractivity contribution in [2.75, 3.05) is 19.6 Å². The number of carbonyl (C=O) groups is 2. The first-order chi connectivity index (χ1) is 14.0. The molecule has 8 heteroatoms. The number of nitrogens with zero attached hydrogens (tertiary/aromatic N) is 1. The van der Waals surface area contributed by atoms with E-state index in [1.54, 1.807) is 12.1 Å². The van der Waals surface area contributed by atoms with E-state index < -0.39 is 5.91 Å². The topological polar surface area (TPSA) is 109 Å². The summed E-state index contributed by atoms with van der Waals surface area (Å²) in [5.74, 6) is -0.210. The number of nitrogens with one attached hydrogen (secondary N) is 3. The molecule has 0 aliphatic carbocycles. The Bertz CT molecular complexity index is 852. The van der Waals surface area contributed by atoms with Gasteiger partial charge in [0.15, 0.2) is 5.96 Å². The van der Waals surface area contributed by atoms with Crippen LogP contribution in [0.2, 0.25) is 5.02 Å². The van der Waals surface area contributed by atoms with Crippen LogP contribution >= 0.6 is 11.6 Å². The second-order valence-electron chi connectivity index (χ2n) is 6.31. The van der Waals surface area contributed by atoms with Crippen molar-refractivity contribution in [3.05, 3.63) is 70.2 Å². The molecule has 2 aromatic rings. The van der Waals surface area contributed by atoms with Crippen LogP contribution in [0.15, 0.2) is 53.5 Å². The normalized spacial score (nSPS) is 11.0. The fourth-order valence-electron chi connectivity index (χ4n) is 2.56. The number of amides is 2. The van der Waals surface area contributed by atoms with Crippen LogP contribution < -0.4 is 21.7 Å². The lowest BCUT2D eigenvalue weighted by molar-refractivity contribution is -0.117. The van der Waals surface area contributed by atoms with Crippen molar-refractivity contribution < 1.29 is 9.59 Å². The Hall–Kier alpha value is -3.06. The van der Waals surface area contributed by atoms with Crippen LogP contribution in [-0.4, -0.2) is 37.4 Å². The number of hydrogen-bond acceptors (Lipinski definition) is 3. The summed E-state index contributed by atoms with van der Waals surface area (Å²) in [6.07, 6.45) is 0.791. The van der Waals surface area contributed by atoms with Gasteiger partial charge in [0.05, 0.1) is 13.1 Å². The number of aliphatic imine (C=N–C) groups is 1. The Balaban J connectivity index is 1.89. The van der Waals surface area contributed by atoms with Gasteiger partial charge in [0.1, 0.15) is 0 Å². The van der Waals surface area contributed by atoms with Gasteiger partial charge in [-0.25, -0.2) is 4.99 Å². The van der Waals surface area contributed by atoms with Crippen molar-refractivity contribution in [1.82, 2.24) is 16.0 Å². The molecule has 0 aromatic heterocycles. The minimum absolute atomic E-state index is 0.184. The third-order valence-electron chi connectivity index (χ3n) is 4.05. The molecule has 0 heterocycles. The monoisotopic (exact) mass is 415 g/mol. The number of carbonyl (C=O) groups excluding carboxylic acids is 2. The average molecular weight is 416 g/mol. The maximum atomic E-state index is 11.9. The van der Waals surface area contributed by atoms with Gasteiger partial charge in [0, 0.05) is 23.7 Å². The Morgan fingerprint density at radius 1 is 1.03 bits per heavy atom. The molecule has 154 valence electrons. The first kappa shape index (κ1) is 22.2. The van der Waals surface area contributed by atoms with E-state index in [-0.39, 0.29) is 12.5 Å². The summed E-state index contributed by atoms with van der Waals surface area (Å²) in [5.41, 5.74) is 7.53. The van der Waals surface area contributed by atoms with E-state index in [1.165, 1.54) is 0 Å². The van der Waals surface area contributed by atoms with Gasteiger partial charge in [0.2, 0.25) is 5.91 Å². The van der Waals surface area contributed by atoms with Gasteiger partial charge >= 0.3 is 0 Å². The Morgan fingerprint density at radius 2 is 1.76 bits per heavy atom. The molecule has 0 spiro atoms. The molecule has 0 aliphatic rings. The molecule has 5 N–H and O–H groups in total. The van der Waals surface area contributed by atoms with Gasteiger partial charge in [-0.3, -0.25) is 9.59 Å². The lowest BCUT2D eigenvalue weighted by Gasteiger charge is -2.12. The molecule has 0 radical (unpaired) electrons. The minimum Gasteiger partial charge on any atom is -0.368 e. The van der Waals surface area contributed by atoms with Crippen molar-refractivity contribution in [3.8, 4) is 0 Å². The zero-order chi connectivity index (χ0) is 21.1. The van der Waals surface area contributed by atoms with E-state index >= 15 is 0 Å². The maximum absolute atomic E-state index is 11.9. The summed E-state index contributed by atoms with van der Waals surface area (Å²) in [6, 6.07) is 14.8. The SMILES string of the molecule is CCNC(=NCc1ccc(C(=O)NCC(N)=O)cc1)NCCc1ccccc1Cl. The van der Waals surface area contributed by atoms with Gasteiger partial charge < -0.3 is 21.7 Å². The number of primary amides is 1. The second-order valence-corrected chi connectivity index (χ2v) is 6.72. The molecular weight excluding hydrogens is 390 g/mol. The van der Waals surface area contributed by atoms with Crippen LogP contribution in [0, 0.1) is 0 Å². The zero-order valence-electron chi connectivity index (χ0n) is 16.4. The predicted molar refractivity (Wildman–Crippen MR) is 116 cm³/mol. The minimum atomic E-state index is -0.581. The summed E-state index contributed by atoms with van der Waals surface area (Å²) < 4.78 is 0. The Kier molecular flexibility index (Phi) is 8.98. The van der Waals surface area contributed by atoms with E-state index in [4.69, 9.17) is 17.3 Å². The highest BCUT2D eigenvalue weighted by molar-refractivity contribution is 6.31. The molecule has 2 rings (SSSR count). The first-order valence-electron chi connectivity index (χ1n) is 9.40. The molecule has 0 saturated carbocycles. The first-order valence-corrected chi connectivity index (χ1v) is 9.78. The number of benzene rings is 2. The maximum Gasteiger partial charge on any atom is 0.251 e. The van der Waals surface area contributed by atoms with E-state index in [2.05, 4.69) is 20.9 Å². The predicted octanol–water partition coefficient (Wildman–Crippen LogP) is 1.85. The number of rotatable bonds is 9. The molecule has 0 atom stereocenters. The Labute approximate surface area is 175 Å². The van der Waals surface area contributed by atoms with Crippen LogP contribution in [-0.2, 0) is 17.8 Å². The highest BCUT2D eigenvalue weighted by atomic mass is 35.5. The third-order valence-corrected chi connectivity index (χ3v) is 4.42. The molecule has 7 nitrogen and oxygen atoms in total. The van der Waals surface area contributed by atoms with E-state index in [1.807, 2.05) is 43.3 Å². The quantitative estimate of drug-likeness (QED) is 0.370. The number of hydrogen-bond donors (Lipinski definition) is 4. The molecule has 2 aromatic carbocycles.